The molecule has 1 aliphatic rings. The van der Waals surface area contributed by atoms with Gasteiger partial charge in [-0.25, -0.2) is 0 Å². The summed E-state index contributed by atoms with van der Waals surface area (Å²) in [4.78, 5) is 12.6. The molecule has 3 aromatic carbocycles. The number of rotatable bonds is 6. The molecule has 4 rings (SSSR count). The largest absolute Gasteiger partial charge is 0.497 e. The quantitative estimate of drug-likeness (QED) is 0.702. The van der Waals surface area contributed by atoms with E-state index in [-0.39, 0.29) is 5.91 Å². The van der Waals surface area contributed by atoms with E-state index in [9.17, 15) is 4.79 Å². The Balaban J connectivity index is 1.49. The van der Waals surface area contributed by atoms with E-state index in [1.807, 2.05) is 24.3 Å². The van der Waals surface area contributed by atoms with Crippen molar-refractivity contribution in [3.8, 4) is 11.5 Å². The van der Waals surface area contributed by atoms with Crippen molar-refractivity contribution < 1.29 is 14.3 Å². The summed E-state index contributed by atoms with van der Waals surface area (Å²) < 4.78 is 10.6. The molecular weight excluding hydrogens is 338 g/mol. The molecule has 0 saturated carbocycles. The Morgan fingerprint density at radius 3 is 2.37 bits per heavy atom. The summed E-state index contributed by atoms with van der Waals surface area (Å²) in [5, 5.41) is 5.54. The summed E-state index contributed by atoms with van der Waals surface area (Å²) in [6.07, 6.45) is 3.20. The number of amides is 1. The molecule has 4 heteroatoms. The van der Waals surface area contributed by atoms with Gasteiger partial charge in [0.1, 0.15) is 11.5 Å². The molecule has 1 amide bonds. The van der Waals surface area contributed by atoms with Crippen LogP contribution in [-0.2, 0) is 24.1 Å². The number of carbonyl (C=O) groups is 1. The second-order valence-corrected chi connectivity index (χ2v) is 6.88. The van der Waals surface area contributed by atoms with E-state index >= 15 is 0 Å². The van der Waals surface area contributed by atoms with Crippen molar-refractivity contribution in [3.05, 3.63) is 65.2 Å². The predicted octanol–water partition coefficient (Wildman–Crippen LogP) is 4.53. The van der Waals surface area contributed by atoms with Crippen LogP contribution in [0.5, 0.6) is 11.5 Å². The molecule has 0 radical (unpaired) electrons. The van der Waals surface area contributed by atoms with Crippen molar-refractivity contribution in [3.63, 3.8) is 0 Å². The molecule has 4 nitrogen and oxygen atoms in total. The Kier molecular flexibility index (Phi) is 4.71. The number of nitrogens with one attached hydrogen (secondary N) is 1. The van der Waals surface area contributed by atoms with Gasteiger partial charge in [0.15, 0.2) is 0 Å². The summed E-state index contributed by atoms with van der Waals surface area (Å²) >= 11 is 0. The molecule has 1 N–H and O–H groups in total. The fourth-order valence-electron chi connectivity index (χ4n) is 3.84. The third kappa shape index (κ3) is 3.47. The first-order valence-electron chi connectivity index (χ1n) is 9.23. The summed E-state index contributed by atoms with van der Waals surface area (Å²) in [7, 11) is 3.25. The zero-order valence-corrected chi connectivity index (χ0v) is 15.7. The standard InChI is InChI=1S/C23H23NO3/c1-26-18-12-15(13-19(14-18)27-2)6-11-22(25)24-21-10-9-17-8-7-16-4-3-5-20(21)23(16)17/h3-5,9-10,12-14H,6-8,11H2,1-2H3,(H,24,25). The molecule has 27 heavy (non-hydrogen) atoms. The van der Waals surface area contributed by atoms with E-state index in [0.29, 0.717) is 12.8 Å². The Morgan fingerprint density at radius 1 is 0.963 bits per heavy atom. The summed E-state index contributed by atoms with van der Waals surface area (Å²) in [5.41, 5.74) is 4.66. The second kappa shape index (κ2) is 7.31. The van der Waals surface area contributed by atoms with Gasteiger partial charge in [-0.1, -0.05) is 24.3 Å². The van der Waals surface area contributed by atoms with Gasteiger partial charge in [-0.3, -0.25) is 4.79 Å². The number of anilines is 1. The van der Waals surface area contributed by atoms with Crippen LogP contribution in [0.1, 0.15) is 23.1 Å². The highest BCUT2D eigenvalue weighted by atomic mass is 16.5. The van der Waals surface area contributed by atoms with Crippen LogP contribution >= 0.6 is 0 Å². The van der Waals surface area contributed by atoms with Crippen LogP contribution in [0.25, 0.3) is 10.8 Å². The number of hydrogen-bond acceptors (Lipinski definition) is 3. The van der Waals surface area contributed by atoms with Crippen molar-refractivity contribution in [2.75, 3.05) is 19.5 Å². The Hall–Kier alpha value is -3.01. The van der Waals surface area contributed by atoms with Gasteiger partial charge in [0.2, 0.25) is 5.91 Å². The van der Waals surface area contributed by atoms with Crippen LogP contribution in [-0.4, -0.2) is 20.1 Å². The van der Waals surface area contributed by atoms with E-state index in [2.05, 4.69) is 29.6 Å². The van der Waals surface area contributed by atoms with E-state index in [4.69, 9.17) is 9.47 Å². The number of aryl methyl sites for hydroxylation is 3. The fourth-order valence-corrected chi connectivity index (χ4v) is 3.84. The maximum Gasteiger partial charge on any atom is 0.224 e. The molecule has 0 bridgehead atoms. The average Bonchev–Trinajstić information content (AvgIpc) is 3.13. The fraction of sp³-hybridized carbons (Fsp3) is 0.261. The molecule has 0 fully saturated rings. The first-order valence-corrected chi connectivity index (χ1v) is 9.23. The van der Waals surface area contributed by atoms with E-state index in [0.717, 1.165) is 41.0 Å². The Morgan fingerprint density at radius 2 is 1.67 bits per heavy atom. The van der Waals surface area contributed by atoms with Gasteiger partial charge in [-0.15, -0.1) is 0 Å². The lowest BCUT2D eigenvalue weighted by atomic mass is 10.0. The van der Waals surface area contributed by atoms with Gasteiger partial charge in [-0.05, 0) is 59.5 Å². The second-order valence-electron chi connectivity index (χ2n) is 6.88. The number of benzene rings is 3. The molecule has 0 aromatic heterocycles. The lowest BCUT2D eigenvalue weighted by Gasteiger charge is -2.11. The lowest BCUT2D eigenvalue weighted by Crippen LogP contribution is -2.12. The van der Waals surface area contributed by atoms with E-state index in [1.54, 1.807) is 14.2 Å². The maximum absolute atomic E-state index is 12.6. The number of hydrogen-bond donors (Lipinski definition) is 1. The topological polar surface area (TPSA) is 47.6 Å². The number of carbonyl (C=O) groups excluding carboxylic acids is 1. The highest BCUT2D eigenvalue weighted by molar-refractivity contribution is 6.05. The van der Waals surface area contributed by atoms with Crippen molar-refractivity contribution >= 4 is 22.4 Å². The smallest absolute Gasteiger partial charge is 0.224 e. The summed E-state index contributed by atoms with van der Waals surface area (Å²) in [5.74, 6) is 1.48. The van der Waals surface area contributed by atoms with E-state index in [1.165, 1.54) is 16.5 Å². The van der Waals surface area contributed by atoms with Crippen LogP contribution in [0.2, 0.25) is 0 Å². The minimum absolute atomic E-state index is 0.00971. The molecular formula is C23H23NO3. The third-order valence-corrected chi connectivity index (χ3v) is 5.20. The van der Waals surface area contributed by atoms with Crippen LogP contribution < -0.4 is 14.8 Å². The summed E-state index contributed by atoms with van der Waals surface area (Å²) in [6, 6.07) is 16.2. The lowest BCUT2D eigenvalue weighted by molar-refractivity contribution is -0.116. The third-order valence-electron chi connectivity index (χ3n) is 5.20. The zero-order valence-electron chi connectivity index (χ0n) is 15.7. The predicted molar refractivity (Wildman–Crippen MR) is 108 cm³/mol. The van der Waals surface area contributed by atoms with Gasteiger partial charge in [-0.2, -0.15) is 0 Å². The molecule has 1 aliphatic carbocycles. The first-order chi connectivity index (χ1) is 13.2. The SMILES string of the molecule is COc1cc(CCC(=O)Nc2ccc3c4c(cccc24)CC3)cc(OC)c1. The Bertz CT molecular complexity index is 977. The molecule has 3 aromatic rings. The van der Waals surface area contributed by atoms with Crippen molar-refractivity contribution in [1.82, 2.24) is 0 Å². The normalized spacial score (nSPS) is 12.2. The number of ether oxygens (including phenoxy) is 2. The zero-order chi connectivity index (χ0) is 18.8. The molecule has 0 heterocycles. The molecule has 0 atom stereocenters. The maximum atomic E-state index is 12.6. The molecule has 0 spiro atoms. The number of methoxy groups -OCH3 is 2. The summed E-state index contributed by atoms with van der Waals surface area (Å²) in [6.45, 7) is 0. The van der Waals surface area contributed by atoms with Crippen LogP contribution in [0, 0.1) is 0 Å². The first kappa shape index (κ1) is 17.4. The van der Waals surface area contributed by atoms with Crippen molar-refractivity contribution in [2.24, 2.45) is 0 Å². The minimum Gasteiger partial charge on any atom is -0.497 e. The van der Waals surface area contributed by atoms with Gasteiger partial charge in [0.05, 0.1) is 14.2 Å². The van der Waals surface area contributed by atoms with Crippen LogP contribution in [0.4, 0.5) is 5.69 Å². The highest BCUT2D eigenvalue weighted by Crippen LogP contribution is 2.35. The van der Waals surface area contributed by atoms with E-state index < -0.39 is 0 Å². The Labute approximate surface area is 159 Å². The van der Waals surface area contributed by atoms with Crippen LogP contribution in [0.15, 0.2) is 48.5 Å². The van der Waals surface area contributed by atoms with Gasteiger partial charge in [0, 0.05) is 23.6 Å². The molecule has 0 unspecified atom stereocenters. The van der Waals surface area contributed by atoms with Crippen molar-refractivity contribution in [2.45, 2.75) is 25.7 Å². The van der Waals surface area contributed by atoms with Gasteiger partial charge in [0.25, 0.3) is 0 Å². The molecule has 138 valence electrons. The van der Waals surface area contributed by atoms with Gasteiger partial charge >= 0.3 is 0 Å². The monoisotopic (exact) mass is 361 g/mol. The van der Waals surface area contributed by atoms with Crippen LogP contribution in [0.3, 0.4) is 0 Å². The molecule has 0 aliphatic heterocycles. The minimum atomic E-state index is 0.00971. The average molecular weight is 361 g/mol. The van der Waals surface area contributed by atoms with Crippen molar-refractivity contribution in [1.29, 1.82) is 0 Å². The molecule has 0 saturated heterocycles. The highest BCUT2D eigenvalue weighted by Gasteiger charge is 2.16. The van der Waals surface area contributed by atoms with Gasteiger partial charge < -0.3 is 14.8 Å².